The number of hydrogen-bond donors (Lipinski definition) is 0. The first-order valence-electron chi connectivity index (χ1n) is 22.7. The van der Waals surface area contributed by atoms with E-state index in [0.29, 0.717) is 12.8 Å². The minimum Gasteiger partial charge on any atom is -0.120 e. The van der Waals surface area contributed by atoms with Gasteiger partial charge < -0.3 is 0 Å². The molecule has 0 spiro atoms. The van der Waals surface area contributed by atoms with E-state index in [2.05, 4.69) is 99.7 Å². The second-order valence-electron chi connectivity index (χ2n) is 15.7. The van der Waals surface area contributed by atoms with E-state index < -0.39 is 16.2 Å². The fourth-order valence-electron chi connectivity index (χ4n) is 7.76. The van der Waals surface area contributed by atoms with Gasteiger partial charge in [-0.3, -0.25) is 0 Å². The predicted octanol–water partition coefficient (Wildman–Crippen LogP) is 15.4. The van der Waals surface area contributed by atoms with Gasteiger partial charge in [0.05, 0.1) is 16.2 Å². The minimum absolute atomic E-state index is 0.462. The van der Waals surface area contributed by atoms with Crippen molar-refractivity contribution < 1.29 is 0 Å². The van der Waals surface area contributed by atoms with Crippen LogP contribution in [0.5, 0.6) is 0 Å². The van der Waals surface area contributed by atoms with E-state index in [1.54, 1.807) is 0 Å². The van der Waals surface area contributed by atoms with Crippen molar-refractivity contribution in [3.8, 4) is 84.4 Å². The van der Waals surface area contributed by atoms with Gasteiger partial charge in [-0.15, -0.1) is 66.6 Å². The average Bonchev–Trinajstić information content (AvgIpc) is 3.18. The van der Waals surface area contributed by atoms with Crippen molar-refractivity contribution in [1.82, 2.24) is 0 Å². The standard InChI is InChI=1S/C54H82/c1-9-17-24-30-36-39-46-52(16-8,47-40-37-31-25-18-10-2)54(50-43-35-29-22-14-6,51-44-38-32-26-19-11-3)53(45-23-15-7,48-41-33-27-20-12-4)49-42-34-28-21-13-5/h1,6,8H,10-13,15,17-33,35-36,38-39,43,45-47,49-50H2,2-5,7H3. The minimum atomic E-state index is -0.559. The van der Waals surface area contributed by atoms with Crippen LogP contribution in [0.4, 0.5) is 0 Å². The van der Waals surface area contributed by atoms with Crippen LogP contribution in [-0.2, 0) is 0 Å². The van der Waals surface area contributed by atoms with Crippen LogP contribution in [0.3, 0.4) is 0 Å². The van der Waals surface area contributed by atoms with E-state index in [-0.39, 0.29) is 0 Å². The smallest absolute Gasteiger partial charge is 0.0663 e. The maximum atomic E-state index is 7.03. The average molecular weight is 731 g/mol. The van der Waals surface area contributed by atoms with Crippen molar-refractivity contribution in [1.29, 1.82) is 0 Å². The molecule has 0 nitrogen and oxygen atoms in total. The molecule has 0 aromatic carbocycles. The van der Waals surface area contributed by atoms with Crippen LogP contribution in [0.1, 0.15) is 240 Å². The molecule has 0 saturated heterocycles. The normalized spacial score (nSPS) is 13.6. The van der Waals surface area contributed by atoms with Gasteiger partial charge in [0, 0.05) is 51.4 Å². The van der Waals surface area contributed by atoms with E-state index >= 15 is 0 Å². The monoisotopic (exact) mass is 731 g/mol. The number of hydrogen-bond acceptors (Lipinski definition) is 0. The van der Waals surface area contributed by atoms with Crippen molar-refractivity contribution in [2.45, 2.75) is 240 Å². The number of rotatable bonds is 30. The molecule has 0 N–H and O–H groups in total. The topological polar surface area (TPSA) is 0 Å². The molecular formula is C54H82. The van der Waals surface area contributed by atoms with Gasteiger partial charge in [-0.05, 0) is 57.8 Å². The fourth-order valence-corrected chi connectivity index (χ4v) is 7.76. The summed E-state index contributed by atoms with van der Waals surface area (Å²) >= 11 is 0. The highest BCUT2D eigenvalue weighted by Crippen LogP contribution is 2.62. The van der Waals surface area contributed by atoms with Crippen LogP contribution < -0.4 is 0 Å². The van der Waals surface area contributed by atoms with Gasteiger partial charge in [-0.25, -0.2) is 0 Å². The Kier molecular flexibility index (Phi) is 33.6. The Morgan fingerprint density at radius 1 is 0.333 bits per heavy atom. The number of unbranched alkanes of at least 4 members (excludes halogenated alkanes) is 20. The summed E-state index contributed by atoms with van der Waals surface area (Å²) in [5.74, 6) is 39.9. The molecule has 0 amide bonds. The summed E-state index contributed by atoms with van der Waals surface area (Å²) in [5, 5.41) is 0. The van der Waals surface area contributed by atoms with Crippen molar-refractivity contribution in [2.24, 2.45) is 16.2 Å². The summed E-state index contributed by atoms with van der Waals surface area (Å²) in [6.45, 7) is 11.3. The largest absolute Gasteiger partial charge is 0.120 e. The van der Waals surface area contributed by atoms with Crippen molar-refractivity contribution >= 4 is 0 Å². The van der Waals surface area contributed by atoms with Crippen LogP contribution in [0.2, 0.25) is 0 Å². The second-order valence-corrected chi connectivity index (χ2v) is 15.7. The molecule has 0 aliphatic heterocycles. The summed E-state index contributed by atoms with van der Waals surface area (Å²) < 4.78 is 0. The molecule has 0 aliphatic carbocycles. The van der Waals surface area contributed by atoms with E-state index in [1.807, 2.05) is 0 Å². The highest BCUT2D eigenvalue weighted by molar-refractivity contribution is 5.38. The molecule has 0 aromatic heterocycles. The summed E-state index contributed by atoms with van der Waals surface area (Å²) in [6.07, 6.45) is 51.6. The Bertz CT molecular complexity index is 1310. The van der Waals surface area contributed by atoms with Gasteiger partial charge in [0.1, 0.15) is 0 Å². The third-order valence-electron chi connectivity index (χ3n) is 11.2. The van der Waals surface area contributed by atoms with Gasteiger partial charge in [0.25, 0.3) is 0 Å². The highest BCUT2D eigenvalue weighted by atomic mass is 14.6. The first-order chi connectivity index (χ1) is 26.5. The quantitative estimate of drug-likeness (QED) is 0.0510. The van der Waals surface area contributed by atoms with Crippen LogP contribution in [0.15, 0.2) is 0 Å². The molecule has 298 valence electrons. The molecule has 0 saturated carbocycles. The van der Waals surface area contributed by atoms with Crippen molar-refractivity contribution in [3.05, 3.63) is 0 Å². The van der Waals surface area contributed by atoms with E-state index in [9.17, 15) is 0 Å². The summed E-state index contributed by atoms with van der Waals surface area (Å²) in [7, 11) is 0. The Labute approximate surface area is 339 Å². The molecule has 0 fully saturated rings. The molecule has 0 bridgehead atoms. The fraction of sp³-hybridized carbons (Fsp3) is 0.741. The third-order valence-corrected chi connectivity index (χ3v) is 11.2. The maximum Gasteiger partial charge on any atom is 0.0663 e. The predicted molar refractivity (Wildman–Crippen MR) is 241 cm³/mol. The second kappa shape index (κ2) is 35.6. The first-order valence-corrected chi connectivity index (χ1v) is 22.7. The summed E-state index contributed by atoms with van der Waals surface area (Å²) in [5.41, 5.74) is -1.58. The zero-order valence-electron chi connectivity index (χ0n) is 36.4. The zero-order chi connectivity index (χ0) is 39.9. The highest BCUT2D eigenvalue weighted by Gasteiger charge is 2.60. The molecule has 0 heterocycles. The van der Waals surface area contributed by atoms with Crippen molar-refractivity contribution in [3.63, 3.8) is 0 Å². The Morgan fingerprint density at radius 3 is 1.31 bits per heavy atom. The van der Waals surface area contributed by atoms with Gasteiger partial charge >= 0.3 is 0 Å². The van der Waals surface area contributed by atoms with Crippen LogP contribution in [-0.4, -0.2) is 0 Å². The van der Waals surface area contributed by atoms with E-state index in [4.69, 9.17) is 19.3 Å². The lowest BCUT2D eigenvalue weighted by molar-refractivity contribution is 0.0119. The first kappa shape index (κ1) is 50.9. The van der Waals surface area contributed by atoms with E-state index in [1.165, 1.54) is 44.9 Å². The van der Waals surface area contributed by atoms with Gasteiger partial charge in [-0.2, -0.15) is 0 Å². The molecule has 0 heteroatoms. The van der Waals surface area contributed by atoms with Gasteiger partial charge in [0.15, 0.2) is 0 Å². The molecule has 0 aromatic rings. The van der Waals surface area contributed by atoms with Crippen molar-refractivity contribution in [2.75, 3.05) is 0 Å². The van der Waals surface area contributed by atoms with Crippen LogP contribution in [0.25, 0.3) is 0 Å². The maximum absolute atomic E-state index is 7.03. The summed E-state index contributed by atoms with van der Waals surface area (Å²) in [4.78, 5) is 0. The zero-order valence-corrected chi connectivity index (χ0v) is 36.4. The lowest BCUT2D eigenvalue weighted by Crippen LogP contribution is -2.52. The van der Waals surface area contributed by atoms with Gasteiger partial charge in [0.2, 0.25) is 0 Å². The SMILES string of the molecule is C#CCCCCCCC(C#C)(CC#CCCCCC)C(C#CCCCCCC)(CCCCCC#C)C(C#CCCCCC)(CC#CCCCC)CCCC. The van der Waals surface area contributed by atoms with E-state index in [0.717, 1.165) is 148 Å². The van der Waals surface area contributed by atoms with Gasteiger partial charge in [-0.1, -0.05) is 149 Å². The molecule has 54 heavy (non-hydrogen) atoms. The molecular weight excluding hydrogens is 649 g/mol. The Hall–Kier alpha value is -3.08. The Balaban J connectivity index is 8.10. The Morgan fingerprint density at radius 2 is 0.741 bits per heavy atom. The molecule has 3 atom stereocenters. The summed E-state index contributed by atoms with van der Waals surface area (Å²) in [6, 6.07) is 0. The lowest BCUT2D eigenvalue weighted by atomic mass is 9.45. The lowest BCUT2D eigenvalue weighted by Gasteiger charge is -2.54. The number of terminal acetylenes is 3. The third kappa shape index (κ3) is 20.6. The molecule has 0 rings (SSSR count). The van der Waals surface area contributed by atoms with Crippen LogP contribution in [0, 0.1) is 101 Å². The molecule has 0 radical (unpaired) electrons. The van der Waals surface area contributed by atoms with Crippen LogP contribution >= 0.6 is 0 Å². The molecule has 0 aliphatic rings. The molecule has 3 unspecified atom stereocenters.